The van der Waals surface area contributed by atoms with E-state index in [0.717, 1.165) is 41.0 Å². The number of hydrogen-bond donors (Lipinski definition) is 0. The summed E-state index contributed by atoms with van der Waals surface area (Å²) < 4.78 is 7.12. The van der Waals surface area contributed by atoms with Gasteiger partial charge in [-0.2, -0.15) is 0 Å². The van der Waals surface area contributed by atoms with Crippen LogP contribution in [-0.2, 0) is 4.79 Å². The molecule has 3 aromatic rings. The minimum absolute atomic E-state index is 0.0944. The maximum Gasteiger partial charge on any atom is 0.272 e. The Labute approximate surface area is 181 Å². The van der Waals surface area contributed by atoms with E-state index in [1.807, 2.05) is 24.3 Å². The van der Waals surface area contributed by atoms with Crippen molar-refractivity contribution < 1.29 is 9.53 Å². The van der Waals surface area contributed by atoms with Crippen LogP contribution in [0.4, 0.5) is 5.13 Å². The van der Waals surface area contributed by atoms with Crippen LogP contribution in [0.2, 0.25) is 5.02 Å². The van der Waals surface area contributed by atoms with Crippen LogP contribution >= 0.6 is 22.9 Å². The summed E-state index contributed by atoms with van der Waals surface area (Å²) in [7, 11) is 0. The molecule has 0 fully saturated rings. The van der Waals surface area contributed by atoms with Gasteiger partial charge >= 0.3 is 0 Å². The van der Waals surface area contributed by atoms with Crippen molar-refractivity contribution in [3.63, 3.8) is 0 Å². The largest absolute Gasteiger partial charge is 0.478 e. The summed E-state index contributed by atoms with van der Waals surface area (Å²) in [6, 6.07) is 15.0. The number of ether oxygens (including phenoxy) is 1. The van der Waals surface area contributed by atoms with E-state index >= 15 is 0 Å². The molecule has 0 spiro atoms. The van der Waals surface area contributed by atoms with Gasteiger partial charge in [0, 0.05) is 11.6 Å². The molecule has 4 nitrogen and oxygen atoms in total. The molecule has 154 valence electrons. The Kier molecular flexibility index (Phi) is 7.14. The number of aromatic nitrogens is 1. The zero-order valence-corrected chi connectivity index (χ0v) is 18.7. The number of amides is 1. The van der Waals surface area contributed by atoms with Gasteiger partial charge in [0.2, 0.25) is 0 Å². The summed E-state index contributed by atoms with van der Waals surface area (Å²) in [5.74, 6) is 0.519. The molecule has 0 atom stereocenters. The fourth-order valence-corrected chi connectivity index (χ4v) is 4.24. The average molecular weight is 431 g/mol. The smallest absolute Gasteiger partial charge is 0.272 e. The quantitative estimate of drug-likeness (QED) is 0.354. The Morgan fingerprint density at radius 2 is 1.83 bits per heavy atom. The number of thiazole rings is 1. The van der Waals surface area contributed by atoms with Crippen LogP contribution in [-0.4, -0.2) is 23.0 Å². The van der Waals surface area contributed by atoms with Crippen molar-refractivity contribution in [2.75, 3.05) is 11.4 Å². The minimum Gasteiger partial charge on any atom is -0.478 e. The topological polar surface area (TPSA) is 42.4 Å². The molecule has 0 radical (unpaired) electrons. The third kappa shape index (κ3) is 5.49. The molecule has 0 bridgehead atoms. The van der Waals surface area contributed by atoms with E-state index in [1.54, 1.807) is 54.3 Å². The van der Waals surface area contributed by atoms with Gasteiger partial charge in [-0.25, -0.2) is 4.98 Å². The summed E-state index contributed by atoms with van der Waals surface area (Å²) in [5, 5.41) is 1.36. The van der Waals surface area contributed by atoms with Crippen LogP contribution in [0.1, 0.15) is 46.5 Å². The molecule has 0 unspecified atom stereocenters. The molecule has 0 N–H and O–H groups in total. The van der Waals surface area contributed by atoms with Crippen molar-refractivity contribution in [2.24, 2.45) is 0 Å². The van der Waals surface area contributed by atoms with Gasteiger partial charge in [0.15, 0.2) is 10.7 Å². The summed E-state index contributed by atoms with van der Waals surface area (Å²) in [6.45, 7) is 6.41. The highest BCUT2D eigenvalue weighted by Crippen LogP contribution is 2.31. The van der Waals surface area contributed by atoms with Gasteiger partial charge in [-0.15, -0.1) is 0 Å². The second-order valence-electron chi connectivity index (χ2n) is 7.55. The number of carbonyl (C=O) groups excluding carboxylic acids is 1. The number of halogens is 1. The lowest BCUT2D eigenvalue weighted by atomic mass is 10.1. The number of para-hydroxylation sites is 1. The first-order valence-electron chi connectivity index (χ1n) is 10.0. The Hall–Kier alpha value is -2.11. The second kappa shape index (κ2) is 9.59. The van der Waals surface area contributed by atoms with Gasteiger partial charge in [-0.1, -0.05) is 61.3 Å². The fraction of sp³-hybridized carbons (Fsp3) is 0.391. The minimum atomic E-state index is -1.03. The third-order valence-electron chi connectivity index (χ3n) is 4.70. The number of rotatable bonds is 9. The standard InChI is InChI=1S/C23H27ClN2O2S/c1-4-5-6-9-16-26(22-25-19-10-7-8-11-20(19)29-22)21(27)23(2,3)28-18-14-12-17(24)13-15-18/h7-8,10-15H,4-6,9,16H2,1-3H3. The molecule has 0 saturated heterocycles. The molecule has 0 aliphatic heterocycles. The van der Waals surface area contributed by atoms with Gasteiger partial charge in [-0.05, 0) is 56.7 Å². The van der Waals surface area contributed by atoms with E-state index in [9.17, 15) is 4.79 Å². The molecule has 1 aromatic heterocycles. The van der Waals surface area contributed by atoms with Gasteiger partial charge in [-0.3, -0.25) is 9.69 Å². The maximum atomic E-state index is 13.5. The molecule has 0 aliphatic carbocycles. The molecule has 0 saturated carbocycles. The number of unbranched alkanes of at least 4 members (excludes halogenated alkanes) is 3. The van der Waals surface area contributed by atoms with Crippen molar-refractivity contribution >= 4 is 44.2 Å². The van der Waals surface area contributed by atoms with E-state index in [-0.39, 0.29) is 5.91 Å². The van der Waals surface area contributed by atoms with Gasteiger partial charge in [0.25, 0.3) is 5.91 Å². The van der Waals surface area contributed by atoms with E-state index in [1.165, 1.54) is 0 Å². The van der Waals surface area contributed by atoms with Gasteiger partial charge in [0.1, 0.15) is 5.75 Å². The summed E-state index contributed by atoms with van der Waals surface area (Å²) in [5.41, 5.74) is -0.119. The average Bonchev–Trinajstić information content (AvgIpc) is 3.13. The zero-order chi connectivity index (χ0) is 20.9. The third-order valence-corrected chi connectivity index (χ3v) is 6.01. The number of benzene rings is 2. The first-order chi connectivity index (χ1) is 13.9. The first kappa shape index (κ1) is 21.6. The first-order valence-corrected chi connectivity index (χ1v) is 11.2. The lowest BCUT2D eigenvalue weighted by molar-refractivity contribution is -0.131. The SMILES string of the molecule is CCCCCCN(C(=O)C(C)(C)Oc1ccc(Cl)cc1)c1nc2ccccc2s1. The number of carbonyl (C=O) groups is 1. The van der Waals surface area contributed by atoms with Crippen molar-refractivity contribution in [1.82, 2.24) is 4.98 Å². The van der Waals surface area contributed by atoms with Crippen LogP contribution in [0.15, 0.2) is 48.5 Å². The normalized spacial score (nSPS) is 11.6. The van der Waals surface area contributed by atoms with E-state index in [4.69, 9.17) is 21.3 Å². The molecule has 3 rings (SSSR count). The number of nitrogens with zero attached hydrogens (tertiary/aromatic N) is 2. The molecule has 1 heterocycles. The predicted molar refractivity (Wildman–Crippen MR) is 122 cm³/mol. The van der Waals surface area contributed by atoms with E-state index in [2.05, 4.69) is 6.92 Å². The van der Waals surface area contributed by atoms with Crippen LogP contribution in [0.5, 0.6) is 5.75 Å². The van der Waals surface area contributed by atoms with E-state index < -0.39 is 5.60 Å². The van der Waals surface area contributed by atoms with Crippen molar-refractivity contribution in [1.29, 1.82) is 0 Å². The fourth-order valence-electron chi connectivity index (χ4n) is 3.12. The number of hydrogen-bond acceptors (Lipinski definition) is 4. The Balaban J connectivity index is 1.84. The Morgan fingerprint density at radius 1 is 1.10 bits per heavy atom. The number of anilines is 1. The summed E-state index contributed by atoms with van der Waals surface area (Å²) in [6.07, 6.45) is 4.34. The molecule has 0 aliphatic rings. The Morgan fingerprint density at radius 3 is 2.52 bits per heavy atom. The second-order valence-corrected chi connectivity index (χ2v) is 8.99. The highest BCUT2D eigenvalue weighted by atomic mass is 35.5. The van der Waals surface area contributed by atoms with Crippen molar-refractivity contribution in [2.45, 2.75) is 52.1 Å². The molecule has 29 heavy (non-hydrogen) atoms. The van der Waals surface area contributed by atoms with Crippen LogP contribution in [0.3, 0.4) is 0 Å². The molecule has 6 heteroatoms. The monoisotopic (exact) mass is 430 g/mol. The lowest BCUT2D eigenvalue weighted by Gasteiger charge is -2.31. The molecule has 2 aromatic carbocycles. The highest BCUT2D eigenvalue weighted by Gasteiger charge is 2.36. The maximum absolute atomic E-state index is 13.5. The predicted octanol–water partition coefficient (Wildman–Crippen LogP) is 6.72. The summed E-state index contributed by atoms with van der Waals surface area (Å²) >= 11 is 7.50. The van der Waals surface area contributed by atoms with Crippen molar-refractivity contribution in [3.8, 4) is 5.75 Å². The van der Waals surface area contributed by atoms with Gasteiger partial charge < -0.3 is 4.74 Å². The molecule has 1 amide bonds. The summed E-state index contributed by atoms with van der Waals surface area (Å²) in [4.78, 5) is 20.0. The molecular weight excluding hydrogens is 404 g/mol. The lowest BCUT2D eigenvalue weighted by Crippen LogP contribution is -2.49. The van der Waals surface area contributed by atoms with Crippen molar-refractivity contribution in [3.05, 3.63) is 53.6 Å². The van der Waals surface area contributed by atoms with Crippen LogP contribution in [0, 0.1) is 0 Å². The van der Waals surface area contributed by atoms with Crippen LogP contribution in [0.25, 0.3) is 10.2 Å². The van der Waals surface area contributed by atoms with Crippen LogP contribution < -0.4 is 9.64 Å². The zero-order valence-electron chi connectivity index (χ0n) is 17.2. The highest BCUT2D eigenvalue weighted by molar-refractivity contribution is 7.22. The molecular formula is C23H27ClN2O2S. The Bertz CT molecular complexity index is 920. The van der Waals surface area contributed by atoms with Gasteiger partial charge in [0.05, 0.1) is 10.2 Å². The van der Waals surface area contributed by atoms with E-state index in [0.29, 0.717) is 17.3 Å². The number of fused-ring (bicyclic) bond motifs is 1.